The number of nitrogens with zero attached hydrogens (tertiary/aromatic N) is 5. The van der Waals surface area contributed by atoms with Gasteiger partial charge in [0.1, 0.15) is 11.6 Å². The lowest BCUT2D eigenvalue weighted by Gasteiger charge is -2.18. The Morgan fingerprint density at radius 3 is 2.93 bits per heavy atom. The molecule has 28 heavy (non-hydrogen) atoms. The molecule has 5 rings (SSSR count). The van der Waals surface area contributed by atoms with E-state index in [0.717, 1.165) is 36.3 Å². The van der Waals surface area contributed by atoms with Crippen molar-refractivity contribution in [1.29, 1.82) is 0 Å². The number of imidazole rings is 1. The second-order valence-corrected chi connectivity index (χ2v) is 7.79. The summed E-state index contributed by atoms with van der Waals surface area (Å²) in [6.07, 6.45) is 8.39. The fraction of sp³-hybridized carbons (Fsp3) is 0.263. The maximum absolute atomic E-state index is 13.1. The zero-order valence-corrected chi connectivity index (χ0v) is 15.9. The number of thiazole rings is 1. The van der Waals surface area contributed by atoms with Gasteiger partial charge in [0.15, 0.2) is 16.2 Å². The van der Waals surface area contributed by atoms with Gasteiger partial charge in [0.25, 0.3) is 0 Å². The molecule has 142 valence electrons. The maximum Gasteiger partial charge on any atom is 0.195 e. The second kappa shape index (κ2) is 6.84. The van der Waals surface area contributed by atoms with Crippen molar-refractivity contribution in [2.75, 3.05) is 18.0 Å². The summed E-state index contributed by atoms with van der Waals surface area (Å²) in [6, 6.07) is 3.93. The number of nitrogens with two attached hydrogens (primary N) is 1. The summed E-state index contributed by atoms with van der Waals surface area (Å²) >= 11 is 1.50. The van der Waals surface area contributed by atoms with Crippen LogP contribution in [0.25, 0.3) is 16.2 Å². The van der Waals surface area contributed by atoms with Gasteiger partial charge in [-0.15, -0.1) is 11.3 Å². The van der Waals surface area contributed by atoms with E-state index in [9.17, 15) is 4.79 Å². The Balaban J connectivity index is 1.68. The number of hydrogen-bond donors (Lipinski definition) is 2. The van der Waals surface area contributed by atoms with Crippen molar-refractivity contribution in [3.8, 4) is 5.13 Å². The van der Waals surface area contributed by atoms with Gasteiger partial charge in [-0.3, -0.25) is 9.36 Å². The Labute approximate surface area is 164 Å². The second-order valence-electron chi connectivity index (χ2n) is 6.92. The normalized spacial score (nSPS) is 16.9. The van der Waals surface area contributed by atoms with E-state index in [-0.39, 0.29) is 11.5 Å². The molecule has 4 aromatic rings. The number of aromatic nitrogens is 5. The van der Waals surface area contributed by atoms with Crippen molar-refractivity contribution in [3.63, 3.8) is 0 Å². The zero-order chi connectivity index (χ0) is 19.1. The van der Waals surface area contributed by atoms with E-state index < -0.39 is 0 Å². The lowest BCUT2D eigenvalue weighted by Crippen LogP contribution is -2.27. The topological polar surface area (TPSA) is 106 Å². The van der Waals surface area contributed by atoms with Crippen molar-refractivity contribution < 1.29 is 0 Å². The number of aromatic amines is 1. The molecule has 5 heterocycles. The summed E-state index contributed by atoms with van der Waals surface area (Å²) in [5, 5.41) is 3.26. The highest BCUT2D eigenvalue weighted by Gasteiger charge is 2.22. The van der Waals surface area contributed by atoms with Crippen LogP contribution in [0.3, 0.4) is 0 Å². The quantitative estimate of drug-likeness (QED) is 0.547. The van der Waals surface area contributed by atoms with Crippen LogP contribution in [-0.4, -0.2) is 43.6 Å². The Morgan fingerprint density at radius 2 is 2.21 bits per heavy atom. The summed E-state index contributed by atoms with van der Waals surface area (Å²) in [5.74, 6) is 1.58. The first-order valence-electron chi connectivity index (χ1n) is 9.13. The van der Waals surface area contributed by atoms with Crippen LogP contribution < -0.4 is 16.1 Å². The van der Waals surface area contributed by atoms with Gasteiger partial charge in [-0.25, -0.2) is 15.0 Å². The van der Waals surface area contributed by atoms with E-state index in [1.165, 1.54) is 11.3 Å². The molecule has 1 unspecified atom stereocenters. The van der Waals surface area contributed by atoms with Crippen molar-refractivity contribution in [2.45, 2.75) is 18.9 Å². The van der Waals surface area contributed by atoms with Crippen LogP contribution in [0.5, 0.6) is 0 Å². The molecule has 3 N–H and O–H groups in total. The molecule has 8 nitrogen and oxygen atoms in total. The smallest absolute Gasteiger partial charge is 0.195 e. The van der Waals surface area contributed by atoms with Gasteiger partial charge in [-0.1, -0.05) is 0 Å². The van der Waals surface area contributed by atoms with Crippen LogP contribution in [0.4, 0.5) is 5.82 Å². The number of fused-ring (bicyclic) bond motifs is 1. The van der Waals surface area contributed by atoms with E-state index in [2.05, 4.69) is 19.9 Å². The lowest BCUT2D eigenvalue weighted by atomic mass is 10.1. The molecular formula is C19H19N7OS. The highest BCUT2D eigenvalue weighted by atomic mass is 32.1. The minimum absolute atomic E-state index is 0.0311. The highest BCUT2D eigenvalue weighted by Crippen LogP contribution is 2.23. The largest absolute Gasteiger partial charge is 0.355 e. The van der Waals surface area contributed by atoms with Crippen LogP contribution >= 0.6 is 11.3 Å². The van der Waals surface area contributed by atoms with Gasteiger partial charge >= 0.3 is 0 Å². The van der Waals surface area contributed by atoms with Crippen LogP contribution in [0.15, 0.2) is 47.1 Å². The van der Waals surface area contributed by atoms with E-state index in [1.54, 1.807) is 18.6 Å². The van der Waals surface area contributed by atoms with Crippen LogP contribution in [0, 0.1) is 0 Å². The molecule has 0 radical (unpaired) electrons. The van der Waals surface area contributed by atoms with E-state index in [1.807, 2.05) is 28.3 Å². The third-order valence-corrected chi connectivity index (χ3v) is 5.77. The standard InChI is InChI=1S/C19H19N7OS/c20-13-3-7-25(11-13)16-2-1-14-17(27)12(9-15-21-4-5-22-15)10-26(18(14)24-16)19-23-6-8-28-19/h1-2,4-6,8,10,13H,3,7,9,11,20H2,(H,21,22). The fourth-order valence-corrected chi connectivity index (χ4v) is 4.22. The van der Waals surface area contributed by atoms with Gasteiger partial charge < -0.3 is 15.6 Å². The van der Waals surface area contributed by atoms with Crippen LogP contribution in [0.2, 0.25) is 0 Å². The number of nitrogens with one attached hydrogen (secondary N) is 1. The number of pyridine rings is 2. The molecule has 4 aromatic heterocycles. The van der Waals surface area contributed by atoms with Crippen molar-refractivity contribution >= 4 is 28.2 Å². The fourth-order valence-electron chi connectivity index (χ4n) is 3.60. The molecule has 1 fully saturated rings. The molecular weight excluding hydrogens is 374 g/mol. The lowest BCUT2D eigenvalue weighted by molar-refractivity contribution is 0.751. The monoisotopic (exact) mass is 393 g/mol. The first-order chi connectivity index (χ1) is 13.7. The first kappa shape index (κ1) is 17.1. The number of anilines is 1. The van der Waals surface area contributed by atoms with Crippen LogP contribution in [-0.2, 0) is 6.42 Å². The molecule has 0 bridgehead atoms. The van der Waals surface area contributed by atoms with Gasteiger partial charge in [-0.05, 0) is 18.6 Å². The van der Waals surface area contributed by atoms with Crippen molar-refractivity contribution in [3.05, 3.63) is 63.9 Å². The average molecular weight is 393 g/mol. The summed E-state index contributed by atoms with van der Waals surface area (Å²) in [6.45, 7) is 1.65. The molecule has 1 atom stereocenters. The molecule has 1 aliphatic heterocycles. The summed E-state index contributed by atoms with van der Waals surface area (Å²) < 4.78 is 1.90. The van der Waals surface area contributed by atoms with Gasteiger partial charge in [0.2, 0.25) is 0 Å². The third kappa shape index (κ3) is 2.98. The highest BCUT2D eigenvalue weighted by molar-refractivity contribution is 7.12. The molecule has 1 aliphatic rings. The Hall–Kier alpha value is -3.04. The summed E-state index contributed by atoms with van der Waals surface area (Å²) in [5.41, 5.74) is 7.28. The van der Waals surface area contributed by atoms with Crippen molar-refractivity contribution in [1.82, 2.24) is 24.5 Å². The van der Waals surface area contributed by atoms with Gasteiger partial charge in [0, 0.05) is 61.3 Å². The predicted octanol–water partition coefficient (Wildman–Crippen LogP) is 1.69. The maximum atomic E-state index is 13.1. The first-order valence-corrected chi connectivity index (χ1v) is 10.0. The number of H-pyrrole nitrogens is 1. The minimum Gasteiger partial charge on any atom is -0.355 e. The van der Waals surface area contributed by atoms with Gasteiger partial charge in [0.05, 0.1) is 5.39 Å². The Kier molecular flexibility index (Phi) is 4.18. The summed E-state index contributed by atoms with van der Waals surface area (Å²) in [7, 11) is 0. The van der Waals surface area contributed by atoms with Crippen LogP contribution in [0.1, 0.15) is 17.8 Å². The molecule has 1 saturated heterocycles. The van der Waals surface area contributed by atoms with E-state index >= 15 is 0 Å². The molecule has 9 heteroatoms. The number of hydrogen-bond acceptors (Lipinski definition) is 7. The minimum atomic E-state index is -0.0311. The van der Waals surface area contributed by atoms with E-state index in [4.69, 9.17) is 10.7 Å². The molecule has 0 amide bonds. The average Bonchev–Trinajstić information content (AvgIpc) is 3.46. The molecule has 0 aliphatic carbocycles. The SMILES string of the molecule is NC1CCN(c2ccc3c(=O)c(Cc4ncc[nH]4)cn(-c4nccs4)c3n2)C1. The van der Waals surface area contributed by atoms with Gasteiger partial charge in [-0.2, -0.15) is 0 Å². The Bertz CT molecular complexity index is 1170. The zero-order valence-electron chi connectivity index (χ0n) is 15.1. The molecule has 0 saturated carbocycles. The predicted molar refractivity (Wildman–Crippen MR) is 109 cm³/mol. The molecule has 0 spiro atoms. The van der Waals surface area contributed by atoms with E-state index in [0.29, 0.717) is 23.0 Å². The Morgan fingerprint density at radius 1 is 1.29 bits per heavy atom. The summed E-state index contributed by atoms with van der Waals surface area (Å²) in [4.78, 5) is 31.8. The molecule has 0 aromatic carbocycles. The number of rotatable bonds is 4. The third-order valence-electron chi connectivity index (χ3n) is 5.00. The van der Waals surface area contributed by atoms with Crippen molar-refractivity contribution in [2.24, 2.45) is 5.73 Å².